The van der Waals surface area contributed by atoms with Crippen molar-refractivity contribution in [2.24, 2.45) is 0 Å². The van der Waals surface area contributed by atoms with Crippen molar-refractivity contribution in [3.8, 4) is 5.75 Å². The van der Waals surface area contributed by atoms with Crippen molar-refractivity contribution in [1.29, 1.82) is 0 Å². The number of benzene rings is 1. The van der Waals surface area contributed by atoms with E-state index < -0.39 is 6.03 Å². The minimum Gasteiger partial charge on any atom is -0.486 e. The predicted octanol–water partition coefficient (Wildman–Crippen LogP) is 4.37. The molecule has 0 spiro atoms. The molecule has 3 N–H and O–H groups in total. The smallest absolute Gasteiger partial charge is 0.324 e. The van der Waals surface area contributed by atoms with Crippen LogP contribution in [-0.2, 0) is 5.41 Å². The van der Waals surface area contributed by atoms with Gasteiger partial charge in [-0.15, -0.1) is 0 Å². The molecule has 1 aliphatic rings. The normalized spacial score (nSPS) is 13.6. The van der Waals surface area contributed by atoms with Crippen LogP contribution in [0.15, 0.2) is 41.2 Å². The van der Waals surface area contributed by atoms with Gasteiger partial charge >= 0.3 is 6.03 Å². The van der Waals surface area contributed by atoms with Crippen LogP contribution in [0.4, 0.5) is 33.6 Å². The summed E-state index contributed by atoms with van der Waals surface area (Å²) < 4.78 is 11.2. The third-order valence-corrected chi connectivity index (χ3v) is 4.93. The SMILES string of the molecule is CN1CCCOc2c(Nc3ccc(NC(=O)Nc4cc(C(C)(C)C)on4)cc3)ncnc21. The summed E-state index contributed by atoms with van der Waals surface area (Å²) in [6, 6.07) is 8.58. The van der Waals surface area contributed by atoms with Gasteiger partial charge in [-0.3, -0.25) is 5.32 Å². The number of hydrogen-bond donors (Lipinski definition) is 3. The number of carbonyl (C=O) groups excluding carboxylic acids is 1. The Morgan fingerprint density at radius 2 is 1.84 bits per heavy atom. The van der Waals surface area contributed by atoms with Gasteiger partial charge in [-0.1, -0.05) is 25.9 Å². The van der Waals surface area contributed by atoms with Gasteiger partial charge in [0.1, 0.15) is 12.1 Å². The Bertz CT molecular complexity index is 1090. The number of anilines is 5. The van der Waals surface area contributed by atoms with Gasteiger partial charge in [-0.2, -0.15) is 0 Å². The molecule has 2 amide bonds. The highest BCUT2D eigenvalue weighted by Gasteiger charge is 2.21. The number of carbonyl (C=O) groups is 1. The summed E-state index contributed by atoms with van der Waals surface area (Å²) in [5.74, 6) is 3.05. The van der Waals surface area contributed by atoms with Crippen LogP contribution >= 0.6 is 0 Å². The zero-order valence-electron chi connectivity index (χ0n) is 18.6. The largest absolute Gasteiger partial charge is 0.486 e. The average molecular weight is 438 g/mol. The summed E-state index contributed by atoms with van der Waals surface area (Å²) in [6.45, 7) is 7.51. The van der Waals surface area contributed by atoms with Gasteiger partial charge < -0.3 is 24.8 Å². The molecule has 168 valence electrons. The summed E-state index contributed by atoms with van der Waals surface area (Å²) in [7, 11) is 1.98. The first-order valence-electron chi connectivity index (χ1n) is 10.4. The summed E-state index contributed by atoms with van der Waals surface area (Å²) in [4.78, 5) is 23.0. The van der Waals surface area contributed by atoms with E-state index >= 15 is 0 Å². The minimum atomic E-state index is -0.406. The number of ether oxygens (including phenoxy) is 1. The Labute approximate surface area is 186 Å². The molecule has 3 heterocycles. The van der Waals surface area contributed by atoms with Crippen LogP contribution in [0.25, 0.3) is 0 Å². The molecular formula is C22H27N7O3. The molecule has 1 aliphatic heterocycles. The van der Waals surface area contributed by atoms with Gasteiger partial charge in [0.2, 0.25) is 5.75 Å². The standard InChI is InChI=1S/C22H27N7O3/c1-22(2,3)16-12-17(28-32-16)27-21(30)26-15-8-6-14(7-9-15)25-19-18-20(24-13-23-19)29(4)10-5-11-31-18/h6-9,12-13H,5,10-11H2,1-4H3,(H,23,24,25)(H2,26,27,28,30). The second kappa shape index (κ2) is 8.74. The summed E-state index contributed by atoms with van der Waals surface area (Å²) in [6.07, 6.45) is 2.43. The van der Waals surface area contributed by atoms with Crippen LogP contribution in [0.1, 0.15) is 33.0 Å². The van der Waals surface area contributed by atoms with Crippen LogP contribution < -0.4 is 25.6 Å². The van der Waals surface area contributed by atoms with Crippen molar-refractivity contribution < 1.29 is 14.1 Å². The molecule has 0 atom stereocenters. The monoisotopic (exact) mass is 437 g/mol. The number of urea groups is 1. The van der Waals surface area contributed by atoms with E-state index in [-0.39, 0.29) is 5.41 Å². The van der Waals surface area contributed by atoms with Crippen LogP contribution in [0.2, 0.25) is 0 Å². The average Bonchev–Trinajstić information content (AvgIpc) is 3.13. The minimum absolute atomic E-state index is 0.186. The van der Waals surface area contributed by atoms with E-state index in [0.29, 0.717) is 35.4 Å². The lowest BCUT2D eigenvalue weighted by atomic mass is 9.93. The van der Waals surface area contributed by atoms with Gasteiger partial charge in [0.15, 0.2) is 17.5 Å². The van der Waals surface area contributed by atoms with Gasteiger partial charge in [0.25, 0.3) is 0 Å². The Morgan fingerprint density at radius 3 is 2.56 bits per heavy atom. The first-order chi connectivity index (χ1) is 15.3. The van der Waals surface area contributed by atoms with Crippen molar-refractivity contribution in [1.82, 2.24) is 15.1 Å². The number of aromatic nitrogens is 3. The van der Waals surface area contributed by atoms with Gasteiger partial charge in [-0.05, 0) is 30.7 Å². The molecule has 0 saturated heterocycles. The number of nitrogens with one attached hydrogen (secondary N) is 3. The van der Waals surface area contributed by atoms with Crippen molar-refractivity contribution in [3.63, 3.8) is 0 Å². The van der Waals surface area contributed by atoms with Crippen LogP contribution in [0.3, 0.4) is 0 Å². The van der Waals surface area contributed by atoms with Gasteiger partial charge in [-0.25, -0.2) is 14.8 Å². The highest BCUT2D eigenvalue weighted by Crippen LogP contribution is 2.35. The third kappa shape index (κ3) is 4.90. The lowest BCUT2D eigenvalue weighted by Gasteiger charge is -2.18. The Morgan fingerprint density at radius 1 is 1.09 bits per heavy atom. The molecule has 4 rings (SSSR count). The van der Waals surface area contributed by atoms with Crippen molar-refractivity contribution >= 4 is 34.9 Å². The highest BCUT2D eigenvalue weighted by molar-refractivity contribution is 5.99. The molecule has 0 saturated carbocycles. The second-order valence-corrected chi connectivity index (χ2v) is 8.61. The molecule has 32 heavy (non-hydrogen) atoms. The van der Waals surface area contributed by atoms with E-state index in [1.807, 2.05) is 40.0 Å². The molecule has 1 aromatic carbocycles. The Hall–Kier alpha value is -3.82. The summed E-state index contributed by atoms with van der Waals surface area (Å²) in [5, 5.41) is 12.6. The van der Waals surface area contributed by atoms with E-state index in [4.69, 9.17) is 9.26 Å². The van der Waals surface area contributed by atoms with Crippen LogP contribution in [-0.4, -0.2) is 41.4 Å². The summed E-state index contributed by atoms with van der Waals surface area (Å²) in [5.41, 5.74) is 1.25. The number of nitrogens with zero attached hydrogens (tertiary/aromatic N) is 4. The van der Waals surface area contributed by atoms with Gasteiger partial charge in [0, 0.05) is 36.4 Å². The van der Waals surface area contributed by atoms with E-state index in [2.05, 4.69) is 36.0 Å². The van der Waals surface area contributed by atoms with Crippen LogP contribution in [0.5, 0.6) is 5.75 Å². The molecule has 0 unspecified atom stereocenters. The maximum absolute atomic E-state index is 12.3. The molecule has 10 nitrogen and oxygen atoms in total. The zero-order valence-corrected chi connectivity index (χ0v) is 18.6. The first-order valence-corrected chi connectivity index (χ1v) is 10.4. The third-order valence-electron chi connectivity index (χ3n) is 4.93. The van der Waals surface area contributed by atoms with Crippen molar-refractivity contribution in [2.75, 3.05) is 41.0 Å². The number of hydrogen-bond acceptors (Lipinski definition) is 8. The quantitative estimate of drug-likeness (QED) is 0.551. The lowest BCUT2D eigenvalue weighted by Crippen LogP contribution is -2.19. The number of rotatable bonds is 4. The first kappa shape index (κ1) is 21.4. The van der Waals surface area contributed by atoms with Crippen LogP contribution in [0, 0.1) is 0 Å². The predicted molar refractivity (Wildman–Crippen MR) is 123 cm³/mol. The topological polar surface area (TPSA) is 117 Å². The fourth-order valence-corrected chi connectivity index (χ4v) is 3.18. The lowest BCUT2D eigenvalue weighted by molar-refractivity contribution is 0.262. The Balaban J connectivity index is 1.39. The Kier molecular flexibility index (Phi) is 5.85. The maximum atomic E-state index is 12.3. The van der Waals surface area contributed by atoms with E-state index in [9.17, 15) is 4.79 Å². The molecule has 0 bridgehead atoms. The fourth-order valence-electron chi connectivity index (χ4n) is 3.18. The summed E-state index contributed by atoms with van der Waals surface area (Å²) >= 11 is 0. The molecular weight excluding hydrogens is 410 g/mol. The molecule has 2 aromatic heterocycles. The molecule has 3 aromatic rings. The van der Waals surface area contributed by atoms with Crippen molar-refractivity contribution in [3.05, 3.63) is 42.4 Å². The second-order valence-electron chi connectivity index (χ2n) is 8.61. The molecule has 0 fully saturated rings. The molecule has 0 radical (unpaired) electrons. The van der Waals surface area contributed by atoms with E-state index in [1.165, 1.54) is 6.33 Å². The van der Waals surface area contributed by atoms with Gasteiger partial charge in [0.05, 0.1) is 6.61 Å². The molecule has 0 aliphatic carbocycles. The highest BCUT2D eigenvalue weighted by atomic mass is 16.5. The van der Waals surface area contributed by atoms with E-state index in [1.54, 1.807) is 18.2 Å². The van der Waals surface area contributed by atoms with E-state index in [0.717, 1.165) is 24.5 Å². The van der Waals surface area contributed by atoms with Crippen molar-refractivity contribution in [2.45, 2.75) is 32.6 Å². The zero-order chi connectivity index (χ0) is 22.7. The molecule has 10 heteroatoms. The fraction of sp³-hybridized carbons (Fsp3) is 0.364. The number of amides is 2. The number of fused-ring (bicyclic) bond motifs is 1. The maximum Gasteiger partial charge on any atom is 0.324 e.